The number of benzene rings is 1. The molecule has 0 unspecified atom stereocenters. The molecule has 1 aromatic heterocycles. The molecule has 3 N–H and O–H groups in total. The summed E-state index contributed by atoms with van der Waals surface area (Å²) in [6.07, 6.45) is 1.63. The van der Waals surface area contributed by atoms with E-state index >= 15 is 0 Å². The highest BCUT2D eigenvalue weighted by molar-refractivity contribution is 5.86. The molecule has 0 radical (unpaired) electrons. The number of carboxylic acids is 1. The Balaban J connectivity index is 2.52. The number of nitrogens with one attached hydrogen (secondary N) is 2. The largest absolute Gasteiger partial charge is 0.480 e. The molecule has 8 nitrogen and oxygen atoms in total. The second kappa shape index (κ2) is 8.66. The van der Waals surface area contributed by atoms with Crippen LogP contribution < -0.4 is 16.6 Å². The molecular formula is C19H25N3O5. The summed E-state index contributed by atoms with van der Waals surface area (Å²) in [5, 5.41) is 12.1. The molecule has 0 fully saturated rings. The van der Waals surface area contributed by atoms with Crippen LogP contribution in [0, 0.1) is 5.92 Å². The van der Waals surface area contributed by atoms with E-state index in [2.05, 4.69) is 10.3 Å². The highest BCUT2D eigenvalue weighted by Gasteiger charge is 2.30. The molecule has 0 saturated carbocycles. The minimum Gasteiger partial charge on any atom is -0.480 e. The van der Waals surface area contributed by atoms with Crippen LogP contribution in [-0.4, -0.2) is 32.6 Å². The van der Waals surface area contributed by atoms with Crippen molar-refractivity contribution in [2.24, 2.45) is 5.92 Å². The number of nitrogens with zero attached hydrogens (tertiary/aromatic N) is 1. The molecule has 2 rings (SSSR count). The highest BCUT2D eigenvalue weighted by Crippen LogP contribution is 2.15. The fourth-order valence-corrected chi connectivity index (χ4v) is 3.00. The first-order valence-corrected chi connectivity index (χ1v) is 9.04. The molecule has 0 saturated heterocycles. The van der Waals surface area contributed by atoms with E-state index < -0.39 is 35.2 Å². The molecule has 1 aromatic carbocycles. The summed E-state index contributed by atoms with van der Waals surface area (Å²) in [5.41, 5.74) is -0.864. The van der Waals surface area contributed by atoms with Crippen LogP contribution in [0.2, 0.25) is 0 Å². The first-order chi connectivity index (χ1) is 12.8. The number of fused-ring (bicyclic) bond motifs is 1. The molecule has 146 valence electrons. The molecule has 0 aliphatic rings. The van der Waals surface area contributed by atoms with Crippen LogP contribution >= 0.6 is 0 Å². The predicted molar refractivity (Wildman–Crippen MR) is 102 cm³/mol. The summed E-state index contributed by atoms with van der Waals surface area (Å²) in [6, 6.07) is 4.38. The molecule has 1 amide bonds. The molecule has 1 heterocycles. The fourth-order valence-electron chi connectivity index (χ4n) is 3.00. The van der Waals surface area contributed by atoms with Crippen LogP contribution in [0.1, 0.15) is 46.1 Å². The van der Waals surface area contributed by atoms with E-state index in [1.54, 1.807) is 38.1 Å². The molecule has 27 heavy (non-hydrogen) atoms. The molecular weight excluding hydrogens is 350 g/mol. The number of carboxylic acid groups (broad SMARTS) is 1. The van der Waals surface area contributed by atoms with Gasteiger partial charge in [0.25, 0.3) is 5.56 Å². The van der Waals surface area contributed by atoms with Crippen LogP contribution in [0.25, 0.3) is 10.9 Å². The van der Waals surface area contributed by atoms with Crippen molar-refractivity contribution in [2.45, 2.75) is 52.1 Å². The zero-order chi connectivity index (χ0) is 20.1. The lowest BCUT2D eigenvalue weighted by Gasteiger charge is -2.23. The normalized spacial score (nSPS) is 13.5. The van der Waals surface area contributed by atoms with Crippen molar-refractivity contribution in [1.29, 1.82) is 0 Å². The van der Waals surface area contributed by atoms with E-state index in [1.807, 2.05) is 6.92 Å². The number of aromatic amines is 1. The number of aliphatic carboxylic acids is 1. The number of carbonyl (C=O) groups excluding carboxylic acids is 1. The molecule has 0 spiro atoms. The third kappa shape index (κ3) is 4.45. The van der Waals surface area contributed by atoms with Crippen molar-refractivity contribution in [3.8, 4) is 0 Å². The maximum Gasteiger partial charge on any atom is 0.329 e. The quantitative estimate of drug-likeness (QED) is 0.648. The number of aromatic nitrogens is 2. The summed E-state index contributed by atoms with van der Waals surface area (Å²) in [6.45, 7) is 5.28. The van der Waals surface area contributed by atoms with Crippen LogP contribution in [-0.2, 0) is 9.59 Å². The monoisotopic (exact) mass is 375 g/mol. The number of hydrogen-bond donors (Lipinski definition) is 3. The van der Waals surface area contributed by atoms with Gasteiger partial charge in [-0.3, -0.25) is 9.59 Å². The predicted octanol–water partition coefficient (Wildman–Crippen LogP) is 1.65. The van der Waals surface area contributed by atoms with Crippen LogP contribution in [0.15, 0.2) is 33.9 Å². The maximum absolute atomic E-state index is 12.9. The summed E-state index contributed by atoms with van der Waals surface area (Å²) >= 11 is 0. The molecule has 2 atom stereocenters. The molecule has 8 heteroatoms. The standard InChI is InChI=1S/C19H25N3O5/c1-4-5-10-14(16(23)21-15(11(2)3)18(25)26)22-17(24)12-8-6-7-9-13(12)20-19(22)27/h6-9,11,14-15H,4-5,10H2,1-3H3,(H,20,27)(H,21,23)(H,25,26)/t14-,15-/m0/s1. The average Bonchev–Trinajstić information content (AvgIpc) is 2.61. The Morgan fingerprint density at radius 1 is 1.22 bits per heavy atom. The van der Waals surface area contributed by atoms with E-state index in [9.17, 15) is 24.3 Å². The number of hydrogen-bond acceptors (Lipinski definition) is 4. The van der Waals surface area contributed by atoms with Crippen LogP contribution in [0.4, 0.5) is 0 Å². The number of amides is 1. The first kappa shape index (κ1) is 20.4. The Bertz CT molecular complexity index is 944. The van der Waals surface area contributed by atoms with Crippen molar-refractivity contribution in [1.82, 2.24) is 14.9 Å². The van der Waals surface area contributed by atoms with E-state index in [0.29, 0.717) is 17.3 Å². The van der Waals surface area contributed by atoms with E-state index in [-0.39, 0.29) is 12.3 Å². The summed E-state index contributed by atoms with van der Waals surface area (Å²) in [5.74, 6) is -2.15. The zero-order valence-corrected chi connectivity index (χ0v) is 15.7. The van der Waals surface area contributed by atoms with Crippen LogP contribution in [0.3, 0.4) is 0 Å². The Kier molecular flexibility index (Phi) is 6.55. The van der Waals surface area contributed by atoms with Crippen molar-refractivity contribution < 1.29 is 14.7 Å². The average molecular weight is 375 g/mol. The van der Waals surface area contributed by atoms with Gasteiger partial charge >= 0.3 is 11.7 Å². The van der Waals surface area contributed by atoms with Gasteiger partial charge in [0.15, 0.2) is 0 Å². The van der Waals surface area contributed by atoms with Gasteiger partial charge in [0.05, 0.1) is 10.9 Å². The number of carbonyl (C=O) groups is 2. The number of unbranched alkanes of at least 4 members (excludes halogenated alkanes) is 1. The van der Waals surface area contributed by atoms with Crippen molar-refractivity contribution >= 4 is 22.8 Å². The Morgan fingerprint density at radius 2 is 1.89 bits per heavy atom. The van der Waals surface area contributed by atoms with Gasteiger partial charge in [-0.15, -0.1) is 0 Å². The Hall–Kier alpha value is -2.90. The smallest absolute Gasteiger partial charge is 0.329 e. The molecule has 0 aliphatic heterocycles. The SMILES string of the molecule is CCCC[C@@H](C(=O)N[C@H](C(=O)O)C(C)C)n1c(=O)[nH]c2ccccc2c1=O. The number of rotatable bonds is 8. The van der Waals surface area contributed by atoms with Crippen molar-refractivity contribution in [3.63, 3.8) is 0 Å². The molecule has 2 aromatic rings. The lowest BCUT2D eigenvalue weighted by molar-refractivity contribution is -0.143. The van der Waals surface area contributed by atoms with Crippen LogP contribution in [0.5, 0.6) is 0 Å². The number of H-pyrrole nitrogens is 1. The highest BCUT2D eigenvalue weighted by atomic mass is 16.4. The lowest BCUT2D eigenvalue weighted by atomic mass is 10.0. The first-order valence-electron chi connectivity index (χ1n) is 9.04. The minimum absolute atomic E-state index is 0.258. The van der Waals surface area contributed by atoms with Crippen molar-refractivity contribution in [3.05, 3.63) is 45.1 Å². The Labute approximate surface area is 156 Å². The topological polar surface area (TPSA) is 121 Å². The van der Waals surface area contributed by atoms with Crippen molar-refractivity contribution in [2.75, 3.05) is 0 Å². The summed E-state index contributed by atoms with van der Waals surface area (Å²) in [4.78, 5) is 52.2. The summed E-state index contributed by atoms with van der Waals surface area (Å²) < 4.78 is 0.895. The van der Waals surface area contributed by atoms with E-state index in [4.69, 9.17) is 0 Å². The maximum atomic E-state index is 12.9. The zero-order valence-electron chi connectivity index (χ0n) is 15.7. The van der Waals surface area contributed by atoms with Gasteiger partial charge in [0.1, 0.15) is 12.1 Å². The van der Waals surface area contributed by atoms with E-state index in [0.717, 1.165) is 11.0 Å². The Morgan fingerprint density at radius 3 is 2.48 bits per heavy atom. The van der Waals surface area contributed by atoms with Gasteiger partial charge in [0.2, 0.25) is 5.91 Å². The molecule has 0 aliphatic carbocycles. The van der Waals surface area contributed by atoms with Gasteiger partial charge in [-0.1, -0.05) is 45.7 Å². The second-order valence-corrected chi connectivity index (χ2v) is 6.88. The van der Waals surface area contributed by atoms with E-state index in [1.165, 1.54) is 0 Å². The van der Waals surface area contributed by atoms with Gasteiger partial charge in [0, 0.05) is 0 Å². The van der Waals surface area contributed by atoms with Gasteiger partial charge in [-0.05, 0) is 24.5 Å². The fraction of sp³-hybridized carbons (Fsp3) is 0.474. The second-order valence-electron chi connectivity index (χ2n) is 6.88. The third-order valence-corrected chi connectivity index (χ3v) is 4.51. The van der Waals surface area contributed by atoms with Gasteiger partial charge in [-0.2, -0.15) is 0 Å². The summed E-state index contributed by atoms with van der Waals surface area (Å²) in [7, 11) is 0. The van der Waals surface area contributed by atoms with Gasteiger partial charge in [-0.25, -0.2) is 14.2 Å². The van der Waals surface area contributed by atoms with Gasteiger partial charge < -0.3 is 15.4 Å². The molecule has 0 bridgehead atoms. The number of para-hydroxylation sites is 1. The third-order valence-electron chi connectivity index (χ3n) is 4.51. The lowest BCUT2D eigenvalue weighted by Crippen LogP contribution is -2.50. The minimum atomic E-state index is -1.16.